The van der Waals surface area contributed by atoms with Crippen LogP contribution in [-0.2, 0) is 0 Å². The second-order valence-corrected chi connectivity index (χ2v) is 4.47. The molecule has 0 saturated carbocycles. The van der Waals surface area contributed by atoms with Gasteiger partial charge < -0.3 is 10.2 Å². The van der Waals surface area contributed by atoms with Crippen molar-refractivity contribution in [1.29, 1.82) is 0 Å². The summed E-state index contributed by atoms with van der Waals surface area (Å²) < 4.78 is 13.3. The molecule has 3 nitrogen and oxygen atoms in total. The Kier molecular flexibility index (Phi) is 5.78. The van der Waals surface area contributed by atoms with E-state index in [1.54, 1.807) is 12.1 Å². The summed E-state index contributed by atoms with van der Waals surface area (Å²) in [7, 11) is 2.02. The maximum atomic E-state index is 13.3. The minimum absolute atomic E-state index is 0.101. The molecule has 1 aromatic carbocycles. The number of hydrogen-bond donors (Lipinski definition) is 1. The smallest absolute Gasteiger partial charge is 0.254 e. The average molecular weight is 252 g/mol. The van der Waals surface area contributed by atoms with Gasteiger partial charge in [-0.3, -0.25) is 4.79 Å². The van der Waals surface area contributed by atoms with Gasteiger partial charge in [0, 0.05) is 19.1 Å². The fourth-order valence-electron chi connectivity index (χ4n) is 1.62. The van der Waals surface area contributed by atoms with Crippen molar-refractivity contribution in [2.24, 2.45) is 0 Å². The fraction of sp³-hybridized carbons (Fsp3) is 0.500. The number of likely N-dealkylation sites (N-methyl/N-ethyl adjacent to an activating group) is 1. The van der Waals surface area contributed by atoms with E-state index in [0.717, 1.165) is 13.0 Å². The number of nitrogens with one attached hydrogen (secondary N) is 1. The normalized spacial score (nSPS) is 12.5. The molecule has 0 aromatic heterocycles. The molecule has 18 heavy (non-hydrogen) atoms. The molecule has 1 atom stereocenters. The third-order valence-electron chi connectivity index (χ3n) is 3.21. The molecule has 0 aliphatic heterocycles. The van der Waals surface area contributed by atoms with Crippen LogP contribution in [0.5, 0.6) is 0 Å². The molecule has 1 rings (SSSR count). The standard InChI is InChI=1S/C14H21FN2O/c1-4-11(2)17(3)10-9-16-14(18)12-7-5-6-8-13(12)15/h5-8,11H,4,9-10H2,1-3H3,(H,16,18). The van der Waals surface area contributed by atoms with Crippen LogP contribution in [0.2, 0.25) is 0 Å². The highest BCUT2D eigenvalue weighted by Crippen LogP contribution is 2.05. The molecule has 0 fully saturated rings. The number of benzene rings is 1. The van der Waals surface area contributed by atoms with Crippen molar-refractivity contribution in [1.82, 2.24) is 10.2 Å². The number of rotatable bonds is 6. The second kappa shape index (κ2) is 7.11. The summed E-state index contributed by atoms with van der Waals surface area (Å²) in [4.78, 5) is 13.9. The molecule has 0 aliphatic rings. The Morgan fingerprint density at radius 2 is 2.11 bits per heavy atom. The first-order valence-corrected chi connectivity index (χ1v) is 6.29. The molecule has 0 bridgehead atoms. The van der Waals surface area contributed by atoms with Crippen molar-refractivity contribution in [2.75, 3.05) is 20.1 Å². The molecule has 1 unspecified atom stereocenters. The van der Waals surface area contributed by atoms with E-state index < -0.39 is 5.82 Å². The first kappa shape index (κ1) is 14.6. The summed E-state index contributed by atoms with van der Waals surface area (Å²) in [5.41, 5.74) is 0.101. The van der Waals surface area contributed by atoms with E-state index in [1.165, 1.54) is 12.1 Å². The van der Waals surface area contributed by atoms with Gasteiger partial charge in [0.05, 0.1) is 5.56 Å². The highest BCUT2D eigenvalue weighted by molar-refractivity contribution is 5.94. The lowest BCUT2D eigenvalue weighted by Crippen LogP contribution is -2.37. The van der Waals surface area contributed by atoms with Crippen LogP contribution < -0.4 is 5.32 Å². The molecular weight excluding hydrogens is 231 g/mol. The molecule has 4 heteroatoms. The summed E-state index contributed by atoms with van der Waals surface area (Å²) in [5, 5.41) is 2.73. The van der Waals surface area contributed by atoms with E-state index in [4.69, 9.17) is 0 Å². The molecule has 1 aromatic rings. The van der Waals surface area contributed by atoms with E-state index in [2.05, 4.69) is 24.1 Å². The topological polar surface area (TPSA) is 32.3 Å². The van der Waals surface area contributed by atoms with E-state index in [9.17, 15) is 9.18 Å². The second-order valence-electron chi connectivity index (χ2n) is 4.47. The predicted molar refractivity (Wildman–Crippen MR) is 71.1 cm³/mol. The highest BCUT2D eigenvalue weighted by Gasteiger charge is 2.11. The zero-order valence-electron chi connectivity index (χ0n) is 11.2. The van der Waals surface area contributed by atoms with E-state index in [0.29, 0.717) is 12.6 Å². The quantitative estimate of drug-likeness (QED) is 0.842. The van der Waals surface area contributed by atoms with Crippen LogP contribution in [0.4, 0.5) is 4.39 Å². The van der Waals surface area contributed by atoms with Crippen LogP contribution in [0.3, 0.4) is 0 Å². The Hall–Kier alpha value is -1.42. The molecule has 0 heterocycles. The Bertz CT molecular complexity index is 395. The molecule has 100 valence electrons. The van der Waals surface area contributed by atoms with Gasteiger partial charge in [0.1, 0.15) is 5.82 Å². The summed E-state index contributed by atoms with van der Waals surface area (Å²) in [5.74, 6) is -0.837. The van der Waals surface area contributed by atoms with Crippen LogP contribution in [0, 0.1) is 5.82 Å². The van der Waals surface area contributed by atoms with Crippen LogP contribution in [0.1, 0.15) is 30.6 Å². The lowest BCUT2D eigenvalue weighted by Gasteiger charge is -2.23. The highest BCUT2D eigenvalue weighted by atomic mass is 19.1. The monoisotopic (exact) mass is 252 g/mol. The minimum atomic E-state index is -0.481. The van der Waals surface area contributed by atoms with Gasteiger partial charge in [0.15, 0.2) is 0 Å². The third kappa shape index (κ3) is 4.11. The number of carbonyl (C=O) groups is 1. The number of amides is 1. The first-order chi connectivity index (χ1) is 8.56. The van der Waals surface area contributed by atoms with E-state index in [-0.39, 0.29) is 11.5 Å². The lowest BCUT2D eigenvalue weighted by molar-refractivity contribution is 0.0943. The minimum Gasteiger partial charge on any atom is -0.351 e. The predicted octanol–water partition coefficient (Wildman–Crippen LogP) is 2.29. The Balaban J connectivity index is 2.41. The van der Waals surface area contributed by atoms with Gasteiger partial charge in [-0.15, -0.1) is 0 Å². The number of carbonyl (C=O) groups excluding carboxylic acids is 1. The van der Waals surface area contributed by atoms with E-state index >= 15 is 0 Å². The van der Waals surface area contributed by atoms with Crippen LogP contribution in [0.15, 0.2) is 24.3 Å². The zero-order chi connectivity index (χ0) is 13.5. The number of hydrogen-bond acceptors (Lipinski definition) is 2. The van der Waals surface area contributed by atoms with Crippen molar-refractivity contribution in [3.8, 4) is 0 Å². The van der Waals surface area contributed by atoms with Crippen molar-refractivity contribution in [2.45, 2.75) is 26.3 Å². The number of nitrogens with zero attached hydrogens (tertiary/aromatic N) is 1. The van der Waals surface area contributed by atoms with Gasteiger partial charge in [-0.2, -0.15) is 0 Å². The summed E-state index contributed by atoms with van der Waals surface area (Å²) in [6.45, 7) is 5.54. The maximum Gasteiger partial charge on any atom is 0.254 e. The lowest BCUT2D eigenvalue weighted by atomic mass is 10.2. The number of halogens is 1. The maximum absolute atomic E-state index is 13.3. The Morgan fingerprint density at radius 3 is 2.72 bits per heavy atom. The van der Waals surface area contributed by atoms with Gasteiger partial charge in [-0.25, -0.2) is 4.39 Å². The molecule has 0 spiro atoms. The van der Waals surface area contributed by atoms with Crippen molar-refractivity contribution in [3.05, 3.63) is 35.6 Å². The summed E-state index contributed by atoms with van der Waals surface area (Å²) in [6, 6.07) is 6.49. The summed E-state index contributed by atoms with van der Waals surface area (Å²) in [6.07, 6.45) is 1.07. The van der Waals surface area contributed by atoms with Gasteiger partial charge in [-0.05, 0) is 32.5 Å². The molecule has 1 amide bonds. The van der Waals surface area contributed by atoms with Gasteiger partial charge in [-0.1, -0.05) is 19.1 Å². The zero-order valence-corrected chi connectivity index (χ0v) is 11.2. The molecule has 0 radical (unpaired) electrons. The van der Waals surface area contributed by atoms with Crippen molar-refractivity contribution >= 4 is 5.91 Å². The van der Waals surface area contributed by atoms with Crippen molar-refractivity contribution in [3.63, 3.8) is 0 Å². The Labute approximate surface area is 108 Å². The third-order valence-corrected chi connectivity index (χ3v) is 3.21. The largest absolute Gasteiger partial charge is 0.351 e. The van der Waals surface area contributed by atoms with E-state index in [1.807, 2.05) is 7.05 Å². The summed E-state index contributed by atoms with van der Waals surface area (Å²) >= 11 is 0. The van der Waals surface area contributed by atoms with Crippen molar-refractivity contribution < 1.29 is 9.18 Å². The van der Waals surface area contributed by atoms with Crippen LogP contribution in [0.25, 0.3) is 0 Å². The first-order valence-electron chi connectivity index (χ1n) is 6.29. The SMILES string of the molecule is CCC(C)N(C)CCNC(=O)c1ccccc1F. The van der Waals surface area contributed by atoms with Crippen LogP contribution in [-0.4, -0.2) is 37.0 Å². The van der Waals surface area contributed by atoms with Crippen LogP contribution >= 0.6 is 0 Å². The molecular formula is C14H21FN2O. The molecule has 1 N–H and O–H groups in total. The van der Waals surface area contributed by atoms with Gasteiger partial charge >= 0.3 is 0 Å². The van der Waals surface area contributed by atoms with Gasteiger partial charge in [0.2, 0.25) is 0 Å². The molecule has 0 saturated heterocycles. The van der Waals surface area contributed by atoms with Gasteiger partial charge in [0.25, 0.3) is 5.91 Å². The fourth-order valence-corrected chi connectivity index (χ4v) is 1.62. The molecule has 0 aliphatic carbocycles. The average Bonchev–Trinajstić information content (AvgIpc) is 2.37. The Morgan fingerprint density at radius 1 is 1.44 bits per heavy atom.